The summed E-state index contributed by atoms with van der Waals surface area (Å²) in [5.74, 6) is 0.874. The Labute approximate surface area is 129 Å². The lowest BCUT2D eigenvalue weighted by atomic mass is 10.1. The first-order valence-electron chi connectivity index (χ1n) is 6.83. The Balaban J connectivity index is 2.59. The zero-order valence-electron chi connectivity index (χ0n) is 12.4. The minimum atomic E-state index is 0.278. The molecule has 0 fully saturated rings. The number of hydrogen-bond acceptors (Lipinski definition) is 4. The van der Waals surface area contributed by atoms with Crippen molar-refractivity contribution >= 4 is 15.9 Å². The van der Waals surface area contributed by atoms with Crippen LogP contribution in [0.3, 0.4) is 0 Å². The second kappa shape index (κ2) is 10.2. The molecule has 0 saturated heterocycles. The largest absolute Gasteiger partial charge is 0.497 e. The molecule has 0 heterocycles. The van der Waals surface area contributed by atoms with Crippen molar-refractivity contribution in [2.45, 2.75) is 19.4 Å². The summed E-state index contributed by atoms with van der Waals surface area (Å²) in [5, 5.41) is 3.45. The van der Waals surface area contributed by atoms with Crippen molar-refractivity contribution in [1.82, 2.24) is 5.32 Å². The molecule has 1 aromatic rings. The van der Waals surface area contributed by atoms with Gasteiger partial charge in [0.1, 0.15) is 5.75 Å². The van der Waals surface area contributed by atoms with Gasteiger partial charge in [0, 0.05) is 17.6 Å². The van der Waals surface area contributed by atoms with Gasteiger partial charge in [-0.15, -0.1) is 0 Å². The second-order valence-electron chi connectivity index (χ2n) is 4.48. The molecule has 1 unspecified atom stereocenters. The smallest absolute Gasteiger partial charge is 0.119 e. The van der Waals surface area contributed by atoms with E-state index in [1.165, 1.54) is 5.56 Å². The minimum Gasteiger partial charge on any atom is -0.497 e. The molecule has 20 heavy (non-hydrogen) atoms. The van der Waals surface area contributed by atoms with Crippen LogP contribution in [-0.4, -0.2) is 46.6 Å². The van der Waals surface area contributed by atoms with Gasteiger partial charge in [-0.05, 0) is 36.7 Å². The summed E-state index contributed by atoms with van der Waals surface area (Å²) in [6.07, 6.45) is 0.888. The zero-order chi connectivity index (χ0) is 14.8. The monoisotopic (exact) mass is 345 g/mol. The highest BCUT2D eigenvalue weighted by Crippen LogP contribution is 2.23. The van der Waals surface area contributed by atoms with Crippen LogP contribution >= 0.6 is 15.9 Å². The van der Waals surface area contributed by atoms with Gasteiger partial charge in [0.25, 0.3) is 0 Å². The normalized spacial score (nSPS) is 12.4. The molecule has 1 N–H and O–H groups in total. The van der Waals surface area contributed by atoms with Crippen molar-refractivity contribution in [3.05, 3.63) is 28.2 Å². The van der Waals surface area contributed by atoms with E-state index in [2.05, 4.69) is 34.2 Å². The third-order valence-electron chi connectivity index (χ3n) is 2.96. The maximum Gasteiger partial charge on any atom is 0.119 e. The molecule has 0 amide bonds. The SMILES string of the molecule is CCNC(COCCOC)Cc1cc(OC)ccc1Br. The first-order chi connectivity index (χ1) is 9.71. The van der Waals surface area contributed by atoms with E-state index in [-0.39, 0.29) is 6.04 Å². The van der Waals surface area contributed by atoms with Crippen LogP contribution < -0.4 is 10.1 Å². The Morgan fingerprint density at radius 3 is 2.70 bits per heavy atom. The van der Waals surface area contributed by atoms with E-state index in [4.69, 9.17) is 14.2 Å². The fraction of sp³-hybridized carbons (Fsp3) is 0.600. The third kappa shape index (κ3) is 6.22. The van der Waals surface area contributed by atoms with Gasteiger partial charge in [-0.2, -0.15) is 0 Å². The number of methoxy groups -OCH3 is 2. The summed E-state index contributed by atoms with van der Waals surface area (Å²) in [4.78, 5) is 0. The molecular weight excluding hydrogens is 322 g/mol. The summed E-state index contributed by atoms with van der Waals surface area (Å²) in [6.45, 7) is 4.93. The molecule has 0 spiro atoms. The summed E-state index contributed by atoms with van der Waals surface area (Å²) >= 11 is 3.59. The van der Waals surface area contributed by atoms with E-state index in [1.54, 1.807) is 14.2 Å². The molecule has 1 rings (SSSR count). The molecule has 0 bridgehead atoms. The van der Waals surface area contributed by atoms with Crippen molar-refractivity contribution in [2.75, 3.05) is 40.6 Å². The van der Waals surface area contributed by atoms with E-state index in [0.29, 0.717) is 19.8 Å². The molecular formula is C15H24BrNO3. The first kappa shape index (κ1) is 17.4. The number of ether oxygens (including phenoxy) is 3. The summed E-state index contributed by atoms with van der Waals surface area (Å²) in [6, 6.07) is 6.30. The maximum absolute atomic E-state index is 5.62. The highest BCUT2D eigenvalue weighted by Gasteiger charge is 2.12. The average molecular weight is 346 g/mol. The predicted octanol–water partition coefficient (Wildman–Crippen LogP) is 2.64. The van der Waals surface area contributed by atoms with Crippen LogP contribution in [0.2, 0.25) is 0 Å². The predicted molar refractivity (Wildman–Crippen MR) is 84.6 cm³/mol. The third-order valence-corrected chi connectivity index (χ3v) is 3.74. The van der Waals surface area contributed by atoms with Crippen molar-refractivity contribution in [3.63, 3.8) is 0 Å². The molecule has 0 aromatic heterocycles. The number of likely N-dealkylation sites (N-methyl/N-ethyl adjacent to an activating group) is 1. The summed E-state index contributed by atoms with van der Waals surface area (Å²) in [7, 11) is 3.36. The van der Waals surface area contributed by atoms with Gasteiger partial charge in [0.2, 0.25) is 0 Å². The standard InChI is InChI=1S/C15H24BrNO3/c1-4-17-13(11-20-8-7-18-2)9-12-10-14(19-3)5-6-15(12)16/h5-6,10,13,17H,4,7-9,11H2,1-3H3. The zero-order valence-corrected chi connectivity index (χ0v) is 14.0. The van der Waals surface area contributed by atoms with E-state index in [1.807, 2.05) is 12.1 Å². The molecule has 0 aliphatic carbocycles. The maximum atomic E-state index is 5.62. The van der Waals surface area contributed by atoms with Crippen LogP contribution in [0.4, 0.5) is 0 Å². The fourth-order valence-corrected chi connectivity index (χ4v) is 2.36. The average Bonchev–Trinajstić information content (AvgIpc) is 2.46. The van der Waals surface area contributed by atoms with Crippen molar-refractivity contribution < 1.29 is 14.2 Å². The van der Waals surface area contributed by atoms with E-state index < -0.39 is 0 Å². The van der Waals surface area contributed by atoms with Crippen LogP contribution in [0.25, 0.3) is 0 Å². The number of rotatable bonds is 10. The van der Waals surface area contributed by atoms with E-state index in [0.717, 1.165) is 23.2 Å². The van der Waals surface area contributed by atoms with E-state index >= 15 is 0 Å². The molecule has 0 saturated carbocycles. The molecule has 114 valence electrons. The fourth-order valence-electron chi connectivity index (χ4n) is 1.95. The number of nitrogens with one attached hydrogen (secondary N) is 1. The summed E-state index contributed by atoms with van der Waals surface area (Å²) in [5.41, 5.74) is 1.21. The summed E-state index contributed by atoms with van der Waals surface area (Å²) < 4.78 is 17.0. The minimum absolute atomic E-state index is 0.278. The van der Waals surface area contributed by atoms with Crippen LogP contribution in [0, 0.1) is 0 Å². The topological polar surface area (TPSA) is 39.7 Å². The highest BCUT2D eigenvalue weighted by molar-refractivity contribution is 9.10. The van der Waals surface area contributed by atoms with Gasteiger partial charge in [-0.3, -0.25) is 0 Å². The van der Waals surface area contributed by atoms with Crippen LogP contribution in [0.5, 0.6) is 5.75 Å². The number of benzene rings is 1. The Morgan fingerprint density at radius 1 is 1.25 bits per heavy atom. The lowest BCUT2D eigenvalue weighted by molar-refractivity contribution is 0.0589. The van der Waals surface area contributed by atoms with Gasteiger partial charge in [0.05, 0.1) is 26.9 Å². The molecule has 5 heteroatoms. The molecule has 0 radical (unpaired) electrons. The second-order valence-corrected chi connectivity index (χ2v) is 5.34. The molecule has 0 aliphatic heterocycles. The Kier molecular flexibility index (Phi) is 8.85. The van der Waals surface area contributed by atoms with Crippen LogP contribution in [-0.2, 0) is 15.9 Å². The Bertz CT molecular complexity index is 387. The number of hydrogen-bond donors (Lipinski definition) is 1. The van der Waals surface area contributed by atoms with Crippen LogP contribution in [0.1, 0.15) is 12.5 Å². The molecule has 4 nitrogen and oxygen atoms in total. The first-order valence-corrected chi connectivity index (χ1v) is 7.63. The lowest BCUT2D eigenvalue weighted by Crippen LogP contribution is -2.35. The van der Waals surface area contributed by atoms with Gasteiger partial charge in [-0.1, -0.05) is 22.9 Å². The van der Waals surface area contributed by atoms with Gasteiger partial charge < -0.3 is 19.5 Å². The van der Waals surface area contributed by atoms with Crippen molar-refractivity contribution in [3.8, 4) is 5.75 Å². The van der Waals surface area contributed by atoms with Gasteiger partial charge in [-0.25, -0.2) is 0 Å². The highest BCUT2D eigenvalue weighted by atomic mass is 79.9. The Morgan fingerprint density at radius 2 is 2.05 bits per heavy atom. The molecule has 0 aliphatic rings. The quantitative estimate of drug-likeness (QED) is 0.661. The van der Waals surface area contributed by atoms with Gasteiger partial charge >= 0.3 is 0 Å². The Hall–Kier alpha value is -0.620. The number of halogens is 1. The van der Waals surface area contributed by atoms with Crippen molar-refractivity contribution in [2.24, 2.45) is 0 Å². The molecule has 1 atom stereocenters. The van der Waals surface area contributed by atoms with Gasteiger partial charge in [0.15, 0.2) is 0 Å². The molecule has 1 aromatic carbocycles. The lowest BCUT2D eigenvalue weighted by Gasteiger charge is -2.19. The van der Waals surface area contributed by atoms with E-state index in [9.17, 15) is 0 Å². The van der Waals surface area contributed by atoms with Crippen molar-refractivity contribution in [1.29, 1.82) is 0 Å². The van der Waals surface area contributed by atoms with Crippen LogP contribution in [0.15, 0.2) is 22.7 Å².